The van der Waals surface area contributed by atoms with Gasteiger partial charge in [0.15, 0.2) is 0 Å². The van der Waals surface area contributed by atoms with Crippen LogP contribution >= 0.6 is 11.3 Å². The molecule has 0 spiro atoms. The van der Waals surface area contributed by atoms with Crippen LogP contribution in [0.1, 0.15) is 17.7 Å². The maximum atomic E-state index is 11.7. The maximum absolute atomic E-state index is 11.7. The van der Waals surface area contributed by atoms with E-state index in [4.69, 9.17) is 0 Å². The molecule has 1 aliphatic heterocycles. The Morgan fingerprint density at radius 3 is 3.06 bits per heavy atom. The van der Waals surface area contributed by atoms with Gasteiger partial charge in [0.2, 0.25) is 10.0 Å². The number of hydrogen-bond donors (Lipinski definition) is 2. The predicted octanol–water partition coefficient (Wildman–Crippen LogP) is 0.920. The van der Waals surface area contributed by atoms with Crippen LogP contribution in [0.3, 0.4) is 0 Å². The Morgan fingerprint density at radius 1 is 1.56 bits per heavy atom. The van der Waals surface area contributed by atoms with Crippen molar-refractivity contribution in [1.29, 1.82) is 0 Å². The summed E-state index contributed by atoms with van der Waals surface area (Å²) in [5.74, 6) is 0.193. The van der Waals surface area contributed by atoms with Crippen molar-refractivity contribution in [2.75, 3.05) is 12.3 Å². The molecule has 2 rings (SSSR count). The monoisotopic (exact) mass is 260 g/mol. The third-order valence-electron chi connectivity index (χ3n) is 2.63. The lowest BCUT2D eigenvalue weighted by atomic mass is 10.3. The van der Waals surface area contributed by atoms with Crippen LogP contribution in [0.15, 0.2) is 17.5 Å². The number of rotatable bonds is 5. The zero-order valence-corrected chi connectivity index (χ0v) is 10.6. The molecule has 0 aliphatic carbocycles. The van der Waals surface area contributed by atoms with Gasteiger partial charge < -0.3 is 5.32 Å². The maximum Gasteiger partial charge on any atom is 0.213 e. The minimum Gasteiger partial charge on any atom is -0.313 e. The van der Waals surface area contributed by atoms with Gasteiger partial charge in [0.05, 0.1) is 5.75 Å². The second-order valence-electron chi connectivity index (χ2n) is 3.98. The molecule has 0 radical (unpaired) electrons. The molecule has 1 atom stereocenters. The molecule has 1 unspecified atom stereocenters. The first-order chi connectivity index (χ1) is 7.66. The topological polar surface area (TPSA) is 58.2 Å². The Balaban J connectivity index is 1.82. The Morgan fingerprint density at radius 2 is 2.44 bits per heavy atom. The highest BCUT2D eigenvalue weighted by Crippen LogP contribution is 2.10. The van der Waals surface area contributed by atoms with Crippen molar-refractivity contribution in [2.45, 2.75) is 25.4 Å². The molecule has 16 heavy (non-hydrogen) atoms. The Kier molecular flexibility index (Phi) is 3.96. The molecule has 2 N–H and O–H groups in total. The molecule has 90 valence electrons. The number of sulfonamides is 1. The number of hydrogen-bond acceptors (Lipinski definition) is 4. The second-order valence-corrected chi connectivity index (χ2v) is 6.86. The zero-order chi connectivity index (χ0) is 11.4. The van der Waals surface area contributed by atoms with Crippen LogP contribution in [-0.4, -0.2) is 26.8 Å². The summed E-state index contributed by atoms with van der Waals surface area (Å²) in [7, 11) is -3.15. The molecule has 1 fully saturated rings. The Hall–Kier alpha value is -0.430. The van der Waals surface area contributed by atoms with E-state index in [1.165, 1.54) is 0 Å². The summed E-state index contributed by atoms with van der Waals surface area (Å²) < 4.78 is 26.1. The molecule has 1 aromatic rings. The van der Waals surface area contributed by atoms with Gasteiger partial charge in [-0.3, -0.25) is 0 Å². The van der Waals surface area contributed by atoms with Crippen LogP contribution in [-0.2, 0) is 16.6 Å². The minimum atomic E-state index is -3.15. The Bertz CT molecular complexity index is 408. The molecule has 0 aromatic carbocycles. The van der Waals surface area contributed by atoms with E-state index in [0.717, 1.165) is 24.3 Å². The largest absolute Gasteiger partial charge is 0.313 e. The fourth-order valence-electron chi connectivity index (χ4n) is 1.82. The van der Waals surface area contributed by atoms with E-state index >= 15 is 0 Å². The summed E-state index contributed by atoms with van der Waals surface area (Å²) in [4.78, 5) is 1.04. The first kappa shape index (κ1) is 12.0. The fraction of sp³-hybridized carbons (Fsp3) is 0.600. The molecular formula is C10H16N2O2S2. The van der Waals surface area contributed by atoms with Gasteiger partial charge in [-0.15, -0.1) is 11.3 Å². The van der Waals surface area contributed by atoms with Crippen molar-refractivity contribution in [3.8, 4) is 0 Å². The summed E-state index contributed by atoms with van der Waals surface area (Å²) in [6.45, 7) is 1.35. The van der Waals surface area contributed by atoms with Gasteiger partial charge in [-0.1, -0.05) is 6.07 Å². The van der Waals surface area contributed by atoms with Crippen LogP contribution < -0.4 is 10.0 Å². The first-order valence-corrected chi connectivity index (χ1v) is 7.92. The fourth-order valence-corrected chi connectivity index (χ4v) is 3.86. The minimum absolute atomic E-state index is 0.126. The molecular weight excluding hydrogens is 244 g/mol. The normalized spacial score (nSPS) is 21.4. The van der Waals surface area contributed by atoms with Crippen LogP contribution in [0.25, 0.3) is 0 Å². The van der Waals surface area contributed by atoms with Crippen LogP contribution in [0.4, 0.5) is 0 Å². The molecule has 1 saturated heterocycles. The van der Waals surface area contributed by atoms with E-state index in [-0.39, 0.29) is 11.8 Å². The van der Waals surface area contributed by atoms with Crippen molar-refractivity contribution in [2.24, 2.45) is 0 Å². The average molecular weight is 260 g/mol. The summed E-state index contributed by atoms with van der Waals surface area (Å²) in [6.07, 6.45) is 2.03. The summed E-state index contributed by atoms with van der Waals surface area (Å²) in [5, 5.41) is 5.14. The van der Waals surface area contributed by atoms with Crippen molar-refractivity contribution in [1.82, 2.24) is 10.0 Å². The zero-order valence-electron chi connectivity index (χ0n) is 8.98. The number of nitrogens with one attached hydrogen (secondary N) is 2. The summed E-state index contributed by atoms with van der Waals surface area (Å²) >= 11 is 1.56. The van der Waals surface area contributed by atoms with E-state index in [0.29, 0.717) is 6.54 Å². The van der Waals surface area contributed by atoms with E-state index in [2.05, 4.69) is 10.0 Å². The quantitative estimate of drug-likeness (QED) is 0.827. The molecule has 0 bridgehead atoms. The van der Waals surface area contributed by atoms with Gasteiger partial charge in [0, 0.05) is 17.5 Å². The third kappa shape index (κ3) is 3.55. The van der Waals surface area contributed by atoms with Gasteiger partial charge in [-0.05, 0) is 30.8 Å². The third-order valence-corrected chi connectivity index (χ3v) is 4.93. The summed E-state index contributed by atoms with van der Waals surface area (Å²) in [6, 6.07) is 3.98. The Labute approximate surface area is 100 Å². The first-order valence-electron chi connectivity index (χ1n) is 5.39. The van der Waals surface area contributed by atoms with Gasteiger partial charge in [0.25, 0.3) is 0 Å². The van der Waals surface area contributed by atoms with Crippen molar-refractivity contribution in [3.05, 3.63) is 22.4 Å². The standard InChI is InChI=1S/C10H16N2O2S2/c13-16(14,8-9-3-1-5-11-9)12-7-10-4-2-6-15-10/h2,4,6,9,11-12H,1,3,5,7-8H2. The van der Waals surface area contributed by atoms with E-state index in [1.54, 1.807) is 11.3 Å². The van der Waals surface area contributed by atoms with E-state index < -0.39 is 10.0 Å². The van der Waals surface area contributed by atoms with Crippen molar-refractivity contribution in [3.63, 3.8) is 0 Å². The molecule has 6 heteroatoms. The van der Waals surface area contributed by atoms with Gasteiger partial charge >= 0.3 is 0 Å². The highest BCUT2D eigenvalue weighted by Gasteiger charge is 2.21. The second kappa shape index (κ2) is 5.27. The highest BCUT2D eigenvalue weighted by molar-refractivity contribution is 7.89. The van der Waals surface area contributed by atoms with Gasteiger partial charge in [-0.25, -0.2) is 13.1 Å². The highest BCUT2D eigenvalue weighted by atomic mass is 32.2. The molecule has 1 aliphatic rings. The van der Waals surface area contributed by atoms with Crippen molar-refractivity contribution < 1.29 is 8.42 Å². The van der Waals surface area contributed by atoms with E-state index in [1.807, 2.05) is 17.5 Å². The average Bonchev–Trinajstić information content (AvgIpc) is 2.85. The SMILES string of the molecule is O=S(=O)(CC1CCCN1)NCc1cccs1. The predicted molar refractivity (Wildman–Crippen MR) is 66.0 cm³/mol. The lowest BCUT2D eigenvalue weighted by Crippen LogP contribution is -2.36. The number of thiophene rings is 1. The molecule has 4 nitrogen and oxygen atoms in total. The molecule has 1 aromatic heterocycles. The molecule has 2 heterocycles. The lowest BCUT2D eigenvalue weighted by Gasteiger charge is -2.11. The molecule has 0 amide bonds. The summed E-state index contributed by atoms with van der Waals surface area (Å²) in [5.41, 5.74) is 0. The lowest BCUT2D eigenvalue weighted by molar-refractivity contribution is 0.564. The van der Waals surface area contributed by atoms with Gasteiger partial charge in [-0.2, -0.15) is 0 Å². The smallest absolute Gasteiger partial charge is 0.213 e. The van der Waals surface area contributed by atoms with Crippen LogP contribution in [0.5, 0.6) is 0 Å². The molecule has 0 saturated carbocycles. The van der Waals surface area contributed by atoms with Crippen LogP contribution in [0, 0.1) is 0 Å². The van der Waals surface area contributed by atoms with E-state index in [9.17, 15) is 8.42 Å². The van der Waals surface area contributed by atoms with Crippen molar-refractivity contribution >= 4 is 21.4 Å². The van der Waals surface area contributed by atoms with Gasteiger partial charge in [0.1, 0.15) is 0 Å². The van der Waals surface area contributed by atoms with Crippen LogP contribution in [0.2, 0.25) is 0 Å².